The number of ether oxygens (including phenoxy) is 1. The molecule has 0 aliphatic heterocycles. The summed E-state index contributed by atoms with van der Waals surface area (Å²) < 4.78 is 4.99. The minimum Gasteiger partial charge on any atom is -0.481 e. The van der Waals surface area contributed by atoms with E-state index in [0.717, 1.165) is 12.1 Å². The molecule has 0 bridgehead atoms. The maximum atomic E-state index is 4.99. The predicted molar refractivity (Wildman–Crippen MR) is 56.2 cm³/mol. The molecule has 0 fully saturated rings. The van der Waals surface area contributed by atoms with Gasteiger partial charge in [0.25, 0.3) is 0 Å². The van der Waals surface area contributed by atoms with Crippen molar-refractivity contribution < 1.29 is 4.74 Å². The van der Waals surface area contributed by atoms with Gasteiger partial charge in [0.2, 0.25) is 5.88 Å². The number of hydrogen-bond donors (Lipinski definition) is 1. The van der Waals surface area contributed by atoms with Gasteiger partial charge in [0.05, 0.1) is 13.7 Å². The number of rotatable bonds is 3. The quantitative estimate of drug-likeness (QED) is 0.571. The van der Waals surface area contributed by atoms with E-state index in [0.29, 0.717) is 12.4 Å². The third-order valence-corrected chi connectivity index (χ3v) is 1.64. The Hall–Kier alpha value is -1.53. The first-order chi connectivity index (χ1) is 6.86. The van der Waals surface area contributed by atoms with E-state index in [1.54, 1.807) is 13.3 Å². The topological polar surface area (TPSA) is 34.2 Å². The average Bonchev–Trinajstić information content (AvgIpc) is 2.25. The van der Waals surface area contributed by atoms with Crippen LogP contribution in [0.4, 0.5) is 0 Å². The normalized spacial score (nSPS) is 9.00. The average molecular weight is 190 g/mol. The van der Waals surface area contributed by atoms with Gasteiger partial charge in [-0.05, 0) is 12.6 Å². The van der Waals surface area contributed by atoms with Crippen molar-refractivity contribution in [3.8, 4) is 17.7 Å². The molecular formula is C11H14N2O. The van der Waals surface area contributed by atoms with Gasteiger partial charge >= 0.3 is 0 Å². The second kappa shape index (κ2) is 6.01. The van der Waals surface area contributed by atoms with E-state index in [-0.39, 0.29) is 0 Å². The highest BCUT2D eigenvalue weighted by atomic mass is 16.5. The zero-order valence-electron chi connectivity index (χ0n) is 8.50. The molecule has 14 heavy (non-hydrogen) atoms. The van der Waals surface area contributed by atoms with Crippen LogP contribution in [0.2, 0.25) is 0 Å². The van der Waals surface area contributed by atoms with Crippen molar-refractivity contribution in [3.63, 3.8) is 0 Å². The predicted octanol–water partition coefficient (Wildman–Crippen LogP) is 1.05. The molecule has 0 saturated carbocycles. The second-order valence-corrected chi connectivity index (χ2v) is 2.67. The lowest BCUT2D eigenvalue weighted by molar-refractivity contribution is 0.398. The van der Waals surface area contributed by atoms with Gasteiger partial charge in [0.15, 0.2) is 0 Å². The monoisotopic (exact) mass is 190 g/mol. The lowest BCUT2D eigenvalue weighted by Gasteiger charge is -1.96. The molecule has 1 aromatic heterocycles. The molecule has 0 atom stereocenters. The first kappa shape index (κ1) is 10.6. The summed E-state index contributed by atoms with van der Waals surface area (Å²) in [5, 5.41) is 3.13. The van der Waals surface area contributed by atoms with Crippen LogP contribution in [-0.2, 0) is 0 Å². The maximum absolute atomic E-state index is 4.99. The first-order valence-electron chi connectivity index (χ1n) is 4.56. The van der Waals surface area contributed by atoms with Gasteiger partial charge in [0, 0.05) is 17.8 Å². The van der Waals surface area contributed by atoms with Gasteiger partial charge in [0.1, 0.15) is 0 Å². The summed E-state index contributed by atoms with van der Waals surface area (Å²) in [6.07, 6.45) is 1.69. The molecule has 3 heteroatoms. The highest BCUT2D eigenvalue weighted by Gasteiger charge is 1.91. The summed E-state index contributed by atoms with van der Waals surface area (Å²) in [5.41, 5.74) is 0.926. The Morgan fingerprint density at radius 1 is 1.57 bits per heavy atom. The molecule has 1 aromatic rings. The number of pyridine rings is 1. The Bertz CT molecular complexity index is 339. The Morgan fingerprint density at radius 2 is 2.43 bits per heavy atom. The zero-order valence-corrected chi connectivity index (χ0v) is 8.50. The van der Waals surface area contributed by atoms with Crippen molar-refractivity contribution in [3.05, 3.63) is 23.9 Å². The molecule has 3 nitrogen and oxygen atoms in total. The molecule has 1 rings (SSSR count). The summed E-state index contributed by atoms with van der Waals surface area (Å²) >= 11 is 0. The molecule has 0 aromatic carbocycles. The van der Waals surface area contributed by atoms with Crippen molar-refractivity contribution in [2.45, 2.75) is 6.92 Å². The molecule has 1 N–H and O–H groups in total. The van der Waals surface area contributed by atoms with E-state index >= 15 is 0 Å². The van der Waals surface area contributed by atoms with Gasteiger partial charge in [-0.25, -0.2) is 4.98 Å². The van der Waals surface area contributed by atoms with E-state index in [1.165, 1.54) is 0 Å². The van der Waals surface area contributed by atoms with Crippen LogP contribution in [0.25, 0.3) is 0 Å². The molecule has 0 amide bonds. The Balaban J connectivity index is 2.60. The molecule has 0 aliphatic carbocycles. The lowest BCUT2D eigenvalue weighted by atomic mass is 10.3. The van der Waals surface area contributed by atoms with Gasteiger partial charge in [-0.15, -0.1) is 0 Å². The number of hydrogen-bond acceptors (Lipinski definition) is 3. The van der Waals surface area contributed by atoms with E-state index in [9.17, 15) is 0 Å². The van der Waals surface area contributed by atoms with Crippen LogP contribution in [-0.4, -0.2) is 25.2 Å². The SMILES string of the molecule is CCNCC#Cc1ccnc(OC)c1. The molecule has 0 radical (unpaired) electrons. The Labute approximate surface area is 84.5 Å². The maximum Gasteiger partial charge on any atom is 0.214 e. The summed E-state index contributed by atoms with van der Waals surface area (Å²) in [7, 11) is 1.60. The van der Waals surface area contributed by atoms with Crippen LogP contribution in [0.1, 0.15) is 12.5 Å². The van der Waals surface area contributed by atoms with Gasteiger partial charge in [-0.3, -0.25) is 0 Å². The summed E-state index contributed by atoms with van der Waals surface area (Å²) in [6.45, 7) is 3.70. The highest BCUT2D eigenvalue weighted by Crippen LogP contribution is 2.06. The number of aromatic nitrogens is 1. The van der Waals surface area contributed by atoms with E-state index in [2.05, 4.69) is 29.1 Å². The third-order valence-electron chi connectivity index (χ3n) is 1.64. The van der Waals surface area contributed by atoms with Crippen molar-refractivity contribution in [2.75, 3.05) is 20.2 Å². The molecule has 0 aliphatic rings. The molecular weight excluding hydrogens is 176 g/mol. The van der Waals surface area contributed by atoms with Gasteiger partial charge < -0.3 is 10.1 Å². The fourth-order valence-corrected chi connectivity index (χ4v) is 0.933. The standard InChI is InChI=1S/C11H14N2O/c1-3-12-7-4-5-10-6-8-13-11(9-10)14-2/h6,8-9,12H,3,7H2,1-2H3. The van der Waals surface area contributed by atoms with E-state index in [4.69, 9.17) is 4.74 Å². The van der Waals surface area contributed by atoms with Crippen LogP contribution in [0.15, 0.2) is 18.3 Å². The molecule has 0 saturated heterocycles. The van der Waals surface area contributed by atoms with Crippen LogP contribution >= 0.6 is 0 Å². The largest absolute Gasteiger partial charge is 0.481 e. The minimum atomic E-state index is 0.597. The third kappa shape index (κ3) is 3.46. The summed E-state index contributed by atoms with van der Waals surface area (Å²) in [4.78, 5) is 4.00. The molecule has 1 heterocycles. The van der Waals surface area contributed by atoms with Crippen molar-refractivity contribution in [2.24, 2.45) is 0 Å². The smallest absolute Gasteiger partial charge is 0.214 e. The molecule has 0 unspecified atom stereocenters. The fourth-order valence-electron chi connectivity index (χ4n) is 0.933. The van der Waals surface area contributed by atoms with Crippen molar-refractivity contribution in [1.29, 1.82) is 0 Å². The first-order valence-corrected chi connectivity index (χ1v) is 4.56. The number of nitrogens with zero attached hydrogens (tertiary/aromatic N) is 1. The van der Waals surface area contributed by atoms with Gasteiger partial charge in [-0.1, -0.05) is 18.8 Å². The number of nitrogens with one attached hydrogen (secondary N) is 1. The summed E-state index contributed by atoms with van der Waals surface area (Å²) in [6, 6.07) is 3.68. The number of methoxy groups -OCH3 is 1. The molecule has 0 spiro atoms. The zero-order chi connectivity index (χ0) is 10.2. The van der Waals surface area contributed by atoms with Crippen molar-refractivity contribution in [1.82, 2.24) is 10.3 Å². The van der Waals surface area contributed by atoms with Crippen LogP contribution in [0, 0.1) is 11.8 Å². The van der Waals surface area contributed by atoms with Crippen LogP contribution in [0.3, 0.4) is 0 Å². The molecule has 74 valence electrons. The van der Waals surface area contributed by atoms with Crippen LogP contribution in [0.5, 0.6) is 5.88 Å². The van der Waals surface area contributed by atoms with Crippen molar-refractivity contribution >= 4 is 0 Å². The van der Waals surface area contributed by atoms with Crippen LogP contribution < -0.4 is 10.1 Å². The van der Waals surface area contributed by atoms with Gasteiger partial charge in [-0.2, -0.15) is 0 Å². The fraction of sp³-hybridized carbons (Fsp3) is 0.364. The lowest BCUT2D eigenvalue weighted by Crippen LogP contribution is -2.11. The Kier molecular flexibility index (Phi) is 4.53. The summed E-state index contributed by atoms with van der Waals surface area (Å²) in [5.74, 6) is 6.63. The second-order valence-electron chi connectivity index (χ2n) is 2.67. The minimum absolute atomic E-state index is 0.597. The highest BCUT2D eigenvalue weighted by molar-refractivity contribution is 5.36. The van der Waals surface area contributed by atoms with E-state index < -0.39 is 0 Å². The Morgan fingerprint density at radius 3 is 3.14 bits per heavy atom. The van der Waals surface area contributed by atoms with E-state index in [1.807, 2.05) is 12.1 Å².